The van der Waals surface area contributed by atoms with Gasteiger partial charge in [0.25, 0.3) is 10.2 Å². The predicted octanol–water partition coefficient (Wildman–Crippen LogP) is 1.51. The molecule has 0 atom stereocenters. The van der Waals surface area contributed by atoms with Crippen LogP contribution in [0.4, 0.5) is 18.9 Å². The van der Waals surface area contributed by atoms with Crippen molar-refractivity contribution in [3.8, 4) is 5.75 Å². The van der Waals surface area contributed by atoms with Crippen molar-refractivity contribution >= 4 is 15.9 Å². The van der Waals surface area contributed by atoms with Crippen LogP contribution in [0.2, 0.25) is 0 Å². The van der Waals surface area contributed by atoms with Crippen LogP contribution in [-0.2, 0) is 10.2 Å². The number of hydrogen-bond acceptors (Lipinski definition) is 3. The molecule has 0 heterocycles. The fraction of sp³-hybridized carbons (Fsp3) is 0.333. The first-order valence-corrected chi connectivity index (χ1v) is 6.21. The molecule has 1 aromatic rings. The number of benzene rings is 1. The Balaban J connectivity index is 2.77. The van der Waals surface area contributed by atoms with Crippen LogP contribution in [0.15, 0.2) is 18.2 Å². The highest BCUT2D eigenvalue weighted by molar-refractivity contribution is 7.90. The molecule has 102 valence electrons. The molecule has 0 unspecified atom stereocenters. The highest BCUT2D eigenvalue weighted by Gasteiger charge is 2.29. The number of anilines is 1. The standard InChI is InChI=1S/C9H11F3N2O3S/c1-6-2-3-7(8(15)4-6)14-18(16,17)13-5-9(10,11)12/h2-4,13-15H,5H2,1H3. The lowest BCUT2D eigenvalue weighted by Gasteiger charge is -2.12. The molecule has 0 saturated carbocycles. The summed E-state index contributed by atoms with van der Waals surface area (Å²) in [6.45, 7) is -0.0190. The van der Waals surface area contributed by atoms with Gasteiger partial charge in [-0.1, -0.05) is 6.07 Å². The summed E-state index contributed by atoms with van der Waals surface area (Å²) in [5.41, 5.74) is 0.481. The van der Waals surface area contributed by atoms with Crippen LogP contribution in [0.1, 0.15) is 5.56 Å². The summed E-state index contributed by atoms with van der Waals surface area (Å²) in [6, 6.07) is 4.03. The van der Waals surface area contributed by atoms with E-state index >= 15 is 0 Å². The van der Waals surface area contributed by atoms with Gasteiger partial charge in [-0.15, -0.1) is 0 Å². The maximum absolute atomic E-state index is 11.9. The van der Waals surface area contributed by atoms with Gasteiger partial charge in [-0.25, -0.2) is 0 Å². The van der Waals surface area contributed by atoms with Crippen molar-refractivity contribution in [3.63, 3.8) is 0 Å². The second kappa shape index (κ2) is 5.02. The third-order valence-corrected chi connectivity index (χ3v) is 2.87. The normalized spacial score (nSPS) is 12.4. The van der Waals surface area contributed by atoms with E-state index in [4.69, 9.17) is 0 Å². The van der Waals surface area contributed by atoms with Crippen molar-refractivity contribution in [2.24, 2.45) is 0 Å². The Labute approximate surface area is 102 Å². The fourth-order valence-electron chi connectivity index (χ4n) is 1.09. The number of phenols is 1. The highest BCUT2D eigenvalue weighted by atomic mass is 32.2. The topological polar surface area (TPSA) is 78.4 Å². The molecule has 3 N–H and O–H groups in total. The van der Waals surface area contributed by atoms with E-state index in [0.29, 0.717) is 5.56 Å². The molecule has 0 aliphatic rings. The van der Waals surface area contributed by atoms with Gasteiger partial charge in [-0.3, -0.25) is 4.72 Å². The molecule has 0 spiro atoms. The zero-order chi connectivity index (χ0) is 14.0. The van der Waals surface area contributed by atoms with Gasteiger partial charge in [0.2, 0.25) is 0 Å². The van der Waals surface area contributed by atoms with Gasteiger partial charge in [-0.05, 0) is 24.6 Å². The second-order valence-electron chi connectivity index (χ2n) is 3.56. The number of aryl methyl sites for hydroxylation is 1. The maximum Gasteiger partial charge on any atom is 0.402 e. The van der Waals surface area contributed by atoms with Crippen LogP contribution in [0.5, 0.6) is 5.75 Å². The highest BCUT2D eigenvalue weighted by Crippen LogP contribution is 2.24. The van der Waals surface area contributed by atoms with Crippen LogP contribution in [0.25, 0.3) is 0 Å². The molecule has 0 aliphatic carbocycles. The van der Waals surface area contributed by atoms with Gasteiger partial charge >= 0.3 is 6.18 Å². The number of rotatable bonds is 4. The number of halogens is 3. The summed E-state index contributed by atoms with van der Waals surface area (Å²) in [5, 5.41) is 9.41. The lowest BCUT2D eigenvalue weighted by molar-refractivity contribution is -0.121. The Morgan fingerprint density at radius 1 is 1.33 bits per heavy atom. The number of aromatic hydroxyl groups is 1. The summed E-state index contributed by atoms with van der Waals surface area (Å²) in [4.78, 5) is 0. The molecule has 0 aliphatic heterocycles. The Kier molecular flexibility index (Phi) is 4.07. The summed E-state index contributed by atoms with van der Waals surface area (Å²) in [5.74, 6) is -0.368. The zero-order valence-corrected chi connectivity index (χ0v) is 10.1. The van der Waals surface area contributed by atoms with E-state index in [-0.39, 0.29) is 11.4 Å². The Morgan fingerprint density at radius 2 is 1.94 bits per heavy atom. The van der Waals surface area contributed by atoms with Crippen molar-refractivity contribution in [2.45, 2.75) is 13.1 Å². The summed E-state index contributed by atoms with van der Waals surface area (Å²) in [7, 11) is -4.38. The van der Waals surface area contributed by atoms with Crippen molar-refractivity contribution in [2.75, 3.05) is 11.3 Å². The van der Waals surface area contributed by atoms with E-state index in [0.717, 1.165) is 0 Å². The molecule has 0 saturated heterocycles. The zero-order valence-electron chi connectivity index (χ0n) is 9.25. The minimum Gasteiger partial charge on any atom is -0.506 e. The molecule has 0 aromatic heterocycles. The molecule has 5 nitrogen and oxygen atoms in total. The minimum atomic E-state index is -4.65. The Bertz CT molecular complexity index is 528. The lowest BCUT2D eigenvalue weighted by Crippen LogP contribution is -2.37. The first kappa shape index (κ1) is 14.6. The van der Waals surface area contributed by atoms with Crippen LogP contribution >= 0.6 is 0 Å². The van der Waals surface area contributed by atoms with Gasteiger partial charge < -0.3 is 5.11 Å². The first-order chi connectivity index (χ1) is 8.09. The van der Waals surface area contributed by atoms with Gasteiger partial charge in [-0.2, -0.15) is 26.3 Å². The van der Waals surface area contributed by atoms with Crippen molar-refractivity contribution in [1.82, 2.24) is 4.72 Å². The molecule has 9 heteroatoms. The molecule has 18 heavy (non-hydrogen) atoms. The van der Waals surface area contributed by atoms with Crippen molar-refractivity contribution < 1.29 is 26.7 Å². The number of phenolic OH excluding ortho intramolecular Hbond substituents is 1. The number of alkyl halides is 3. The monoisotopic (exact) mass is 284 g/mol. The molecule has 0 fully saturated rings. The predicted molar refractivity (Wildman–Crippen MR) is 59.4 cm³/mol. The number of hydrogen-bond donors (Lipinski definition) is 3. The largest absolute Gasteiger partial charge is 0.506 e. The van der Waals surface area contributed by atoms with Gasteiger partial charge in [0, 0.05) is 0 Å². The Hall–Kier alpha value is -1.48. The smallest absolute Gasteiger partial charge is 0.402 e. The molecule has 0 bridgehead atoms. The van der Waals surface area contributed by atoms with E-state index < -0.39 is 22.9 Å². The molecule has 0 radical (unpaired) electrons. The average Bonchev–Trinajstić information content (AvgIpc) is 2.19. The van der Waals surface area contributed by atoms with Gasteiger partial charge in [0.05, 0.1) is 5.69 Å². The summed E-state index contributed by atoms with van der Waals surface area (Å²) in [6.07, 6.45) is -4.65. The van der Waals surface area contributed by atoms with Crippen LogP contribution in [-0.4, -0.2) is 26.2 Å². The third kappa shape index (κ3) is 4.80. The lowest BCUT2D eigenvalue weighted by atomic mass is 10.2. The van der Waals surface area contributed by atoms with E-state index in [9.17, 15) is 26.7 Å². The molecule has 0 amide bonds. The molecular weight excluding hydrogens is 273 g/mol. The summed E-state index contributed by atoms with van der Waals surface area (Å²) < 4.78 is 61.2. The SMILES string of the molecule is Cc1ccc(NS(=O)(=O)NCC(F)(F)F)c(O)c1. The van der Waals surface area contributed by atoms with E-state index in [2.05, 4.69) is 0 Å². The van der Waals surface area contributed by atoms with E-state index in [1.165, 1.54) is 22.9 Å². The Morgan fingerprint density at radius 3 is 2.44 bits per heavy atom. The first-order valence-electron chi connectivity index (χ1n) is 4.73. The van der Waals surface area contributed by atoms with Gasteiger partial charge in [0.15, 0.2) is 0 Å². The van der Waals surface area contributed by atoms with Crippen molar-refractivity contribution in [3.05, 3.63) is 23.8 Å². The van der Waals surface area contributed by atoms with Crippen LogP contribution in [0.3, 0.4) is 0 Å². The molecular formula is C9H11F3N2O3S. The number of nitrogens with one attached hydrogen (secondary N) is 2. The molecule has 1 aromatic carbocycles. The van der Waals surface area contributed by atoms with E-state index in [1.807, 2.05) is 0 Å². The molecule has 1 rings (SSSR count). The maximum atomic E-state index is 11.9. The average molecular weight is 284 g/mol. The van der Waals surface area contributed by atoms with Gasteiger partial charge in [0.1, 0.15) is 12.3 Å². The minimum absolute atomic E-state index is 0.199. The quantitative estimate of drug-likeness (QED) is 0.733. The van der Waals surface area contributed by atoms with Crippen LogP contribution in [0, 0.1) is 6.92 Å². The third-order valence-electron chi connectivity index (χ3n) is 1.86. The second-order valence-corrected chi connectivity index (χ2v) is 5.06. The summed E-state index contributed by atoms with van der Waals surface area (Å²) >= 11 is 0. The van der Waals surface area contributed by atoms with Crippen molar-refractivity contribution in [1.29, 1.82) is 0 Å². The fourth-order valence-corrected chi connectivity index (χ4v) is 1.97. The van der Waals surface area contributed by atoms with E-state index in [1.54, 1.807) is 11.6 Å². The van der Waals surface area contributed by atoms with Crippen LogP contribution < -0.4 is 9.44 Å².